The Bertz CT molecular complexity index is 465. The van der Waals surface area contributed by atoms with Crippen molar-refractivity contribution in [2.75, 3.05) is 13.1 Å². The monoisotopic (exact) mass is 300 g/mol. The third kappa shape index (κ3) is 4.37. The van der Waals surface area contributed by atoms with Crippen LogP contribution in [0.1, 0.15) is 25.3 Å². The minimum Gasteiger partial charge on any atom is -0.352 e. The Morgan fingerprint density at radius 1 is 1.47 bits per heavy atom. The highest BCUT2D eigenvalue weighted by Gasteiger charge is 2.20. The predicted octanol–water partition coefficient (Wildman–Crippen LogP) is 3.09. The molecular formula is C14H18Cl2N2O. The lowest BCUT2D eigenvalue weighted by atomic mass is 10.0. The van der Waals surface area contributed by atoms with Crippen LogP contribution in [0.4, 0.5) is 0 Å². The molecule has 1 N–H and O–H groups in total. The van der Waals surface area contributed by atoms with Crippen molar-refractivity contribution < 1.29 is 4.79 Å². The van der Waals surface area contributed by atoms with E-state index in [1.807, 2.05) is 12.1 Å². The van der Waals surface area contributed by atoms with Gasteiger partial charge in [-0.25, -0.2) is 0 Å². The number of rotatable bonds is 3. The van der Waals surface area contributed by atoms with Crippen LogP contribution in [-0.2, 0) is 11.3 Å². The van der Waals surface area contributed by atoms with Gasteiger partial charge in [0.05, 0.1) is 0 Å². The largest absolute Gasteiger partial charge is 0.352 e. The molecule has 5 heteroatoms. The van der Waals surface area contributed by atoms with E-state index in [1.165, 1.54) is 0 Å². The molecule has 1 amide bonds. The third-order valence-electron chi connectivity index (χ3n) is 3.32. The van der Waals surface area contributed by atoms with E-state index >= 15 is 0 Å². The summed E-state index contributed by atoms with van der Waals surface area (Å²) in [7, 11) is 0. The van der Waals surface area contributed by atoms with Crippen LogP contribution in [0.2, 0.25) is 10.0 Å². The van der Waals surface area contributed by atoms with Crippen molar-refractivity contribution >= 4 is 29.1 Å². The molecule has 1 saturated heterocycles. The summed E-state index contributed by atoms with van der Waals surface area (Å²) in [5.74, 6) is 0.0383. The van der Waals surface area contributed by atoms with E-state index in [1.54, 1.807) is 13.0 Å². The summed E-state index contributed by atoms with van der Waals surface area (Å²) in [5, 5.41) is 4.35. The van der Waals surface area contributed by atoms with Gasteiger partial charge in [0.1, 0.15) is 0 Å². The maximum absolute atomic E-state index is 11.1. The van der Waals surface area contributed by atoms with Gasteiger partial charge in [-0.3, -0.25) is 9.69 Å². The second kappa shape index (κ2) is 6.60. The molecule has 1 aliphatic rings. The fourth-order valence-corrected chi connectivity index (χ4v) is 2.96. The van der Waals surface area contributed by atoms with Gasteiger partial charge in [-0.1, -0.05) is 29.3 Å². The van der Waals surface area contributed by atoms with Crippen molar-refractivity contribution in [3.63, 3.8) is 0 Å². The number of amides is 1. The quantitative estimate of drug-likeness (QED) is 0.930. The molecule has 0 bridgehead atoms. The molecule has 19 heavy (non-hydrogen) atoms. The lowest BCUT2D eigenvalue weighted by Gasteiger charge is -2.33. The van der Waals surface area contributed by atoms with Gasteiger partial charge in [-0.2, -0.15) is 0 Å². The number of benzene rings is 1. The molecule has 104 valence electrons. The number of likely N-dealkylation sites (tertiary alicyclic amines) is 1. The first-order valence-corrected chi connectivity index (χ1v) is 7.23. The third-order valence-corrected chi connectivity index (χ3v) is 3.91. The number of nitrogens with zero attached hydrogens (tertiary/aromatic N) is 1. The Morgan fingerprint density at radius 3 is 2.95 bits per heavy atom. The second-order valence-electron chi connectivity index (χ2n) is 5.01. The van der Waals surface area contributed by atoms with Crippen LogP contribution in [0.5, 0.6) is 0 Å². The van der Waals surface area contributed by atoms with Gasteiger partial charge in [-0.05, 0) is 37.1 Å². The number of carbonyl (C=O) groups is 1. The van der Waals surface area contributed by atoms with Crippen molar-refractivity contribution in [2.24, 2.45) is 0 Å². The molecule has 1 heterocycles. The summed E-state index contributed by atoms with van der Waals surface area (Å²) >= 11 is 12.1. The molecule has 0 aliphatic carbocycles. The number of nitrogens with one attached hydrogen (secondary N) is 1. The van der Waals surface area contributed by atoms with E-state index in [9.17, 15) is 4.79 Å². The van der Waals surface area contributed by atoms with Crippen LogP contribution in [-0.4, -0.2) is 29.9 Å². The molecule has 1 fully saturated rings. The number of halogens is 2. The highest BCUT2D eigenvalue weighted by molar-refractivity contribution is 6.35. The Hall–Kier alpha value is -0.770. The summed E-state index contributed by atoms with van der Waals surface area (Å²) in [6, 6.07) is 5.84. The topological polar surface area (TPSA) is 32.3 Å². The smallest absolute Gasteiger partial charge is 0.217 e. The van der Waals surface area contributed by atoms with Crippen molar-refractivity contribution in [1.29, 1.82) is 0 Å². The molecule has 0 radical (unpaired) electrons. The van der Waals surface area contributed by atoms with Gasteiger partial charge in [0.2, 0.25) is 5.91 Å². The minimum absolute atomic E-state index is 0.0383. The lowest BCUT2D eigenvalue weighted by Crippen LogP contribution is -2.46. The molecule has 0 saturated carbocycles. The highest BCUT2D eigenvalue weighted by atomic mass is 35.5. The molecule has 0 aromatic heterocycles. The van der Waals surface area contributed by atoms with E-state index in [2.05, 4.69) is 10.2 Å². The van der Waals surface area contributed by atoms with E-state index < -0.39 is 0 Å². The summed E-state index contributed by atoms with van der Waals surface area (Å²) in [6.45, 7) is 4.27. The van der Waals surface area contributed by atoms with Crippen molar-refractivity contribution in [1.82, 2.24) is 10.2 Å². The van der Waals surface area contributed by atoms with Crippen molar-refractivity contribution in [3.05, 3.63) is 33.8 Å². The SMILES string of the molecule is CC(=O)NC1CCCN(Cc2ccc(Cl)cc2Cl)C1. The Labute approximate surface area is 123 Å². The first-order chi connectivity index (χ1) is 9.04. The lowest BCUT2D eigenvalue weighted by molar-refractivity contribution is -0.120. The first-order valence-electron chi connectivity index (χ1n) is 6.48. The van der Waals surface area contributed by atoms with Crippen LogP contribution < -0.4 is 5.32 Å². The standard InChI is InChI=1S/C14H18Cl2N2O/c1-10(19)17-13-3-2-6-18(9-13)8-11-4-5-12(15)7-14(11)16/h4-5,7,13H,2-3,6,8-9H2,1H3,(H,17,19). The Morgan fingerprint density at radius 2 is 2.26 bits per heavy atom. The zero-order valence-corrected chi connectivity index (χ0v) is 12.5. The van der Waals surface area contributed by atoms with E-state index in [0.29, 0.717) is 10.0 Å². The summed E-state index contributed by atoms with van der Waals surface area (Å²) in [6.07, 6.45) is 2.14. The zero-order chi connectivity index (χ0) is 13.8. The van der Waals surface area contributed by atoms with E-state index in [4.69, 9.17) is 23.2 Å². The molecule has 1 aromatic rings. The predicted molar refractivity (Wildman–Crippen MR) is 78.6 cm³/mol. The Balaban J connectivity index is 1.96. The van der Waals surface area contributed by atoms with Gasteiger partial charge in [0.15, 0.2) is 0 Å². The van der Waals surface area contributed by atoms with Crippen LogP contribution in [0.3, 0.4) is 0 Å². The van der Waals surface area contributed by atoms with E-state index in [0.717, 1.165) is 38.0 Å². The maximum atomic E-state index is 11.1. The highest BCUT2D eigenvalue weighted by Crippen LogP contribution is 2.23. The summed E-state index contributed by atoms with van der Waals surface area (Å²) in [5.41, 5.74) is 1.08. The van der Waals surface area contributed by atoms with Crippen LogP contribution >= 0.6 is 23.2 Å². The molecule has 1 aromatic carbocycles. The molecule has 1 unspecified atom stereocenters. The fourth-order valence-electron chi connectivity index (χ4n) is 2.50. The zero-order valence-electron chi connectivity index (χ0n) is 11.0. The van der Waals surface area contributed by atoms with Crippen molar-refractivity contribution in [2.45, 2.75) is 32.4 Å². The molecular weight excluding hydrogens is 283 g/mol. The summed E-state index contributed by atoms with van der Waals surface area (Å²) < 4.78 is 0. The summed E-state index contributed by atoms with van der Waals surface area (Å²) in [4.78, 5) is 13.4. The normalized spacial score (nSPS) is 20.3. The van der Waals surface area contributed by atoms with E-state index in [-0.39, 0.29) is 11.9 Å². The average Bonchev–Trinajstić information content (AvgIpc) is 2.32. The molecule has 3 nitrogen and oxygen atoms in total. The van der Waals surface area contributed by atoms with Crippen LogP contribution in [0, 0.1) is 0 Å². The minimum atomic E-state index is 0.0383. The Kier molecular flexibility index (Phi) is 5.08. The number of hydrogen-bond donors (Lipinski definition) is 1. The van der Waals surface area contributed by atoms with Crippen LogP contribution in [0.15, 0.2) is 18.2 Å². The fraction of sp³-hybridized carbons (Fsp3) is 0.500. The van der Waals surface area contributed by atoms with Gasteiger partial charge >= 0.3 is 0 Å². The maximum Gasteiger partial charge on any atom is 0.217 e. The molecule has 1 atom stereocenters. The van der Waals surface area contributed by atoms with Gasteiger partial charge < -0.3 is 5.32 Å². The van der Waals surface area contributed by atoms with Crippen molar-refractivity contribution in [3.8, 4) is 0 Å². The molecule has 0 spiro atoms. The number of carbonyl (C=O) groups excluding carboxylic acids is 1. The number of piperidine rings is 1. The molecule has 2 rings (SSSR count). The van der Waals surface area contributed by atoms with Crippen LogP contribution in [0.25, 0.3) is 0 Å². The number of hydrogen-bond acceptors (Lipinski definition) is 2. The van der Waals surface area contributed by atoms with Gasteiger partial charge in [0, 0.05) is 36.1 Å². The first kappa shape index (κ1) is 14.6. The second-order valence-corrected chi connectivity index (χ2v) is 5.85. The molecule has 1 aliphatic heterocycles. The van der Waals surface area contributed by atoms with Gasteiger partial charge in [0.25, 0.3) is 0 Å². The van der Waals surface area contributed by atoms with Gasteiger partial charge in [-0.15, -0.1) is 0 Å². The average molecular weight is 301 g/mol.